The van der Waals surface area contributed by atoms with Crippen molar-refractivity contribution in [3.63, 3.8) is 0 Å². The van der Waals surface area contributed by atoms with Crippen molar-refractivity contribution in [1.29, 1.82) is 0 Å². The number of carbonyl (C=O) groups is 4. The van der Waals surface area contributed by atoms with E-state index in [2.05, 4.69) is 16.0 Å². The number of carbonyl (C=O) groups excluding carboxylic acids is 4. The van der Waals surface area contributed by atoms with Gasteiger partial charge in [-0.1, -0.05) is 27.7 Å². The van der Waals surface area contributed by atoms with Crippen molar-refractivity contribution in [2.45, 2.75) is 70.9 Å². The number of rotatable bonds is 17. The molecule has 2 unspecified atom stereocenters. The highest BCUT2D eigenvalue weighted by atomic mass is 19.4. The largest absolute Gasteiger partial charge is 0.416 e. The van der Waals surface area contributed by atoms with Crippen LogP contribution in [0.2, 0.25) is 0 Å². The Morgan fingerprint density at radius 2 is 1.51 bits per heavy atom. The Morgan fingerprint density at radius 3 is 2.04 bits per heavy atom. The van der Waals surface area contributed by atoms with Crippen LogP contribution in [0.15, 0.2) is 24.3 Å². The van der Waals surface area contributed by atoms with E-state index >= 15 is 0 Å². The highest BCUT2D eigenvalue weighted by Crippen LogP contribution is 2.27. The normalized spacial score (nSPS) is 17.2. The standard InChI is InChI=1S/C30H46F3N5O7/c1-18(2)23(25(39)30(31,32)33)36-28(42)22-6-5-13-38(22)29(43)24(19(3)4)37-27(41)21-9-7-20(8-10-21)26(40)35-12-15-45-17-16-44-14-11-34/h7-10,18-19,22-25,39H,5-6,11-17,34H2,1-4H3,(H,35,40)(H,36,42)(H,37,41)/t22-,23?,24-,25?/m0/s1. The van der Waals surface area contributed by atoms with Gasteiger partial charge in [0.2, 0.25) is 11.8 Å². The smallest absolute Gasteiger partial charge is 0.382 e. The lowest BCUT2D eigenvalue weighted by atomic mass is 9.97. The van der Waals surface area contributed by atoms with Crippen LogP contribution in [0, 0.1) is 11.8 Å². The number of halogens is 3. The molecule has 4 amide bonds. The second-order valence-corrected chi connectivity index (χ2v) is 11.5. The van der Waals surface area contributed by atoms with E-state index in [1.54, 1.807) is 13.8 Å². The van der Waals surface area contributed by atoms with Crippen molar-refractivity contribution in [2.75, 3.05) is 46.1 Å². The van der Waals surface area contributed by atoms with Crippen LogP contribution in [0.3, 0.4) is 0 Å². The molecular weight excluding hydrogens is 599 g/mol. The fraction of sp³-hybridized carbons (Fsp3) is 0.667. The van der Waals surface area contributed by atoms with Gasteiger partial charge in [-0.15, -0.1) is 0 Å². The van der Waals surface area contributed by atoms with Crippen LogP contribution in [0.25, 0.3) is 0 Å². The van der Waals surface area contributed by atoms with Crippen LogP contribution in [0.1, 0.15) is 61.3 Å². The van der Waals surface area contributed by atoms with E-state index in [1.807, 2.05) is 0 Å². The predicted molar refractivity (Wildman–Crippen MR) is 159 cm³/mol. The molecule has 1 aromatic rings. The Labute approximate surface area is 261 Å². The van der Waals surface area contributed by atoms with Gasteiger partial charge in [0.15, 0.2) is 6.10 Å². The summed E-state index contributed by atoms with van der Waals surface area (Å²) in [6.07, 6.45) is -7.03. The summed E-state index contributed by atoms with van der Waals surface area (Å²) >= 11 is 0. The Bertz CT molecular complexity index is 1120. The summed E-state index contributed by atoms with van der Waals surface area (Å²) in [6.45, 7) is 8.71. The third kappa shape index (κ3) is 11.6. The molecule has 2 rings (SSSR count). The summed E-state index contributed by atoms with van der Waals surface area (Å²) in [5, 5.41) is 17.5. The maximum Gasteiger partial charge on any atom is 0.416 e. The number of likely N-dealkylation sites (tertiary alicyclic amines) is 1. The lowest BCUT2D eigenvalue weighted by Gasteiger charge is -2.33. The quantitative estimate of drug-likeness (QED) is 0.157. The van der Waals surface area contributed by atoms with Gasteiger partial charge in [-0.2, -0.15) is 13.2 Å². The molecular formula is C30H46F3N5O7. The molecule has 1 fully saturated rings. The van der Waals surface area contributed by atoms with Crippen LogP contribution >= 0.6 is 0 Å². The second kappa shape index (κ2) is 18.0. The first-order chi connectivity index (χ1) is 21.2. The van der Waals surface area contributed by atoms with Crippen molar-refractivity contribution < 1.29 is 46.9 Å². The highest BCUT2D eigenvalue weighted by Gasteiger charge is 2.47. The minimum Gasteiger partial charge on any atom is -0.382 e. The molecule has 1 saturated heterocycles. The molecule has 1 heterocycles. The Hall–Kier alpha value is -3.27. The minimum atomic E-state index is -4.93. The number of amides is 4. The van der Waals surface area contributed by atoms with Crippen LogP contribution in [0.4, 0.5) is 13.2 Å². The van der Waals surface area contributed by atoms with Crippen molar-refractivity contribution in [3.8, 4) is 0 Å². The molecule has 1 aliphatic heterocycles. The minimum absolute atomic E-state index is 0.182. The molecule has 6 N–H and O–H groups in total. The summed E-state index contributed by atoms with van der Waals surface area (Å²) < 4.78 is 50.1. The molecule has 1 aromatic carbocycles. The Kier molecular flexibility index (Phi) is 15.2. The number of ether oxygens (including phenoxy) is 2. The third-order valence-corrected chi connectivity index (χ3v) is 7.34. The van der Waals surface area contributed by atoms with E-state index in [0.29, 0.717) is 38.3 Å². The van der Waals surface area contributed by atoms with E-state index < -0.39 is 54.0 Å². The molecule has 0 bridgehead atoms. The summed E-state index contributed by atoms with van der Waals surface area (Å²) in [5.74, 6) is -3.40. The number of alkyl halides is 3. The van der Waals surface area contributed by atoms with Gasteiger partial charge in [-0.05, 0) is 48.9 Å². The van der Waals surface area contributed by atoms with E-state index in [9.17, 15) is 37.5 Å². The fourth-order valence-corrected chi connectivity index (χ4v) is 4.81. The molecule has 45 heavy (non-hydrogen) atoms. The second-order valence-electron chi connectivity index (χ2n) is 11.5. The summed E-state index contributed by atoms with van der Waals surface area (Å²) in [6, 6.07) is 2.16. The average Bonchev–Trinajstić information content (AvgIpc) is 3.48. The van der Waals surface area contributed by atoms with E-state index in [0.717, 1.165) is 0 Å². The van der Waals surface area contributed by atoms with Crippen LogP contribution in [-0.2, 0) is 19.1 Å². The maximum absolute atomic E-state index is 13.6. The Balaban J connectivity index is 1.99. The zero-order valence-electron chi connectivity index (χ0n) is 26.2. The number of nitrogens with zero attached hydrogens (tertiary/aromatic N) is 1. The average molecular weight is 646 g/mol. The first kappa shape index (κ1) is 37.9. The molecule has 0 saturated carbocycles. The molecule has 1 aliphatic rings. The van der Waals surface area contributed by atoms with E-state index in [1.165, 1.54) is 43.0 Å². The van der Waals surface area contributed by atoms with Crippen LogP contribution in [0.5, 0.6) is 0 Å². The van der Waals surface area contributed by atoms with Crippen molar-refractivity contribution in [3.05, 3.63) is 35.4 Å². The predicted octanol–water partition coefficient (Wildman–Crippen LogP) is 1.22. The SMILES string of the molecule is CC(C)C(NC(=O)[C@@H]1CCCN1C(=O)[C@@H](NC(=O)c1ccc(C(=O)NCCOCCOCCN)cc1)C(C)C)C(O)C(F)(F)F. The molecule has 15 heteroatoms. The van der Waals surface area contributed by atoms with Gasteiger partial charge >= 0.3 is 6.18 Å². The summed E-state index contributed by atoms with van der Waals surface area (Å²) in [4.78, 5) is 53.4. The van der Waals surface area contributed by atoms with Gasteiger partial charge in [0, 0.05) is 30.8 Å². The highest BCUT2D eigenvalue weighted by molar-refractivity contribution is 6.00. The first-order valence-electron chi connectivity index (χ1n) is 15.1. The van der Waals surface area contributed by atoms with Gasteiger partial charge in [0.1, 0.15) is 12.1 Å². The van der Waals surface area contributed by atoms with Gasteiger partial charge in [0.05, 0.1) is 32.5 Å². The number of aliphatic hydroxyl groups is 1. The van der Waals surface area contributed by atoms with Crippen molar-refractivity contribution in [1.82, 2.24) is 20.9 Å². The topological polar surface area (TPSA) is 172 Å². The fourth-order valence-electron chi connectivity index (χ4n) is 4.81. The number of benzene rings is 1. The zero-order chi connectivity index (χ0) is 33.7. The van der Waals surface area contributed by atoms with Gasteiger partial charge in [-0.3, -0.25) is 19.2 Å². The third-order valence-electron chi connectivity index (χ3n) is 7.34. The maximum atomic E-state index is 13.6. The van der Waals surface area contributed by atoms with Gasteiger partial charge in [0.25, 0.3) is 11.8 Å². The van der Waals surface area contributed by atoms with Gasteiger partial charge < -0.3 is 41.2 Å². The van der Waals surface area contributed by atoms with Crippen molar-refractivity contribution in [2.24, 2.45) is 17.6 Å². The molecule has 0 aliphatic carbocycles. The molecule has 254 valence electrons. The zero-order valence-corrected chi connectivity index (χ0v) is 26.2. The van der Waals surface area contributed by atoms with E-state index in [4.69, 9.17) is 15.2 Å². The van der Waals surface area contributed by atoms with Crippen molar-refractivity contribution >= 4 is 23.6 Å². The molecule has 0 aromatic heterocycles. The molecule has 0 radical (unpaired) electrons. The van der Waals surface area contributed by atoms with Crippen LogP contribution in [-0.4, -0.2) is 110 Å². The number of nitrogens with one attached hydrogen (secondary N) is 3. The van der Waals surface area contributed by atoms with Gasteiger partial charge in [-0.25, -0.2) is 0 Å². The number of hydrogen-bond donors (Lipinski definition) is 5. The number of aliphatic hydroxyl groups excluding tert-OH is 1. The van der Waals surface area contributed by atoms with E-state index in [-0.39, 0.29) is 43.5 Å². The molecule has 0 spiro atoms. The monoisotopic (exact) mass is 645 g/mol. The molecule has 12 nitrogen and oxygen atoms in total. The summed E-state index contributed by atoms with van der Waals surface area (Å²) in [5.41, 5.74) is 5.84. The molecule has 4 atom stereocenters. The first-order valence-corrected chi connectivity index (χ1v) is 15.1. The number of hydrogen-bond acceptors (Lipinski definition) is 8. The van der Waals surface area contributed by atoms with Crippen LogP contribution < -0.4 is 21.7 Å². The summed E-state index contributed by atoms with van der Waals surface area (Å²) in [7, 11) is 0. The lowest BCUT2D eigenvalue weighted by Crippen LogP contribution is -2.59. The Morgan fingerprint density at radius 1 is 0.933 bits per heavy atom. The number of nitrogens with two attached hydrogens (primary N) is 1. The lowest BCUT2D eigenvalue weighted by molar-refractivity contribution is -0.215.